The van der Waals surface area contributed by atoms with Crippen molar-refractivity contribution in [3.8, 4) is 0 Å². The van der Waals surface area contributed by atoms with Crippen LogP contribution in [-0.4, -0.2) is 18.4 Å². The highest BCUT2D eigenvalue weighted by atomic mass is 19.1. The van der Waals surface area contributed by atoms with Crippen LogP contribution in [0, 0.1) is 0 Å². The van der Waals surface area contributed by atoms with Gasteiger partial charge in [0.25, 0.3) is 0 Å². The molecule has 0 saturated carbocycles. The molecule has 0 spiro atoms. The number of alkyl halides is 1. The molecule has 0 aliphatic heterocycles. The fourth-order valence-electron chi connectivity index (χ4n) is 0.508. The van der Waals surface area contributed by atoms with Gasteiger partial charge in [0.05, 0.1) is 6.61 Å². The van der Waals surface area contributed by atoms with E-state index in [1.54, 1.807) is 12.2 Å². The summed E-state index contributed by atoms with van der Waals surface area (Å²) in [4.78, 5) is 0. The summed E-state index contributed by atoms with van der Waals surface area (Å²) < 4.78 is 11.5. The first-order valence-electron chi connectivity index (χ1n) is 3.00. The van der Waals surface area contributed by atoms with Crippen molar-refractivity contribution in [3.05, 3.63) is 36.5 Å². The molecule has 1 N–H and O–H groups in total. The molecule has 0 amide bonds. The molecule has 0 radical (unpaired) electrons. The van der Waals surface area contributed by atoms with Crippen LogP contribution in [0.3, 0.4) is 0 Å². The zero-order chi connectivity index (χ0) is 7.82. The van der Waals surface area contributed by atoms with Crippen LogP contribution in [0.1, 0.15) is 0 Å². The van der Waals surface area contributed by atoms with E-state index in [1.165, 1.54) is 12.2 Å². The molecule has 2 heteroatoms. The first kappa shape index (κ1) is 9.11. The van der Waals surface area contributed by atoms with E-state index < -0.39 is 6.67 Å². The molecule has 0 aromatic heterocycles. The second-order valence-electron chi connectivity index (χ2n) is 1.69. The van der Waals surface area contributed by atoms with Crippen LogP contribution in [0.5, 0.6) is 0 Å². The molecule has 0 bridgehead atoms. The van der Waals surface area contributed by atoms with E-state index in [9.17, 15) is 4.39 Å². The third kappa shape index (κ3) is 4.04. The lowest BCUT2D eigenvalue weighted by molar-refractivity contribution is 0.335. The van der Waals surface area contributed by atoms with Crippen molar-refractivity contribution in [2.75, 3.05) is 13.3 Å². The van der Waals surface area contributed by atoms with Gasteiger partial charge in [-0.25, -0.2) is 4.39 Å². The van der Waals surface area contributed by atoms with Crippen LogP contribution in [0.15, 0.2) is 36.5 Å². The summed E-state index contributed by atoms with van der Waals surface area (Å²) in [6.45, 7) is 2.86. The summed E-state index contributed by atoms with van der Waals surface area (Å²) in [6.07, 6.45) is 6.05. The van der Waals surface area contributed by atoms with Crippen LogP contribution in [-0.2, 0) is 0 Å². The van der Waals surface area contributed by atoms with Gasteiger partial charge in [-0.15, -0.1) is 0 Å². The quantitative estimate of drug-likeness (QED) is 0.591. The average molecular weight is 142 g/mol. The maximum atomic E-state index is 11.5. The van der Waals surface area contributed by atoms with Crippen molar-refractivity contribution in [2.45, 2.75) is 0 Å². The molecule has 0 aliphatic rings. The molecular weight excluding hydrogens is 131 g/mol. The van der Waals surface area contributed by atoms with E-state index >= 15 is 0 Å². The summed E-state index contributed by atoms with van der Waals surface area (Å²) in [5.41, 5.74) is 0.660. The number of rotatable bonds is 4. The van der Waals surface area contributed by atoms with Crippen molar-refractivity contribution in [1.82, 2.24) is 0 Å². The van der Waals surface area contributed by atoms with E-state index in [4.69, 9.17) is 5.11 Å². The van der Waals surface area contributed by atoms with Crippen molar-refractivity contribution < 1.29 is 9.50 Å². The standard InChI is InChI=1S/C8H11FO/c1-2-4-8(7-10)5-3-6-9/h2-5,10H,1,6-7H2/b5-3-,8-4+. The lowest BCUT2D eigenvalue weighted by Gasteiger charge is -1.91. The second kappa shape index (κ2) is 6.23. The lowest BCUT2D eigenvalue weighted by atomic mass is 10.2. The molecule has 0 heterocycles. The molecule has 0 aromatic carbocycles. The van der Waals surface area contributed by atoms with Gasteiger partial charge in [0.2, 0.25) is 0 Å². The van der Waals surface area contributed by atoms with Crippen molar-refractivity contribution >= 4 is 0 Å². The Kier molecular flexibility index (Phi) is 5.68. The first-order chi connectivity index (χ1) is 4.85. The van der Waals surface area contributed by atoms with Gasteiger partial charge in [-0.3, -0.25) is 0 Å². The van der Waals surface area contributed by atoms with Crippen LogP contribution < -0.4 is 0 Å². The molecule has 0 aromatic rings. The van der Waals surface area contributed by atoms with Gasteiger partial charge in [0.15, 0.2) is 0 Å². The van der Waals surface area contributed by atoms with Gasteiger partial charge in [-0.1, -0.05) is 30.9 Å². The number of aliphatic hydroxyl groups excluding tert-OH is 1. The monoisotopic (exact) mass is 142 g/mol. The fraction of sp³-hybridized carbons (Fsp3) is 0.250. The Hall–Kier alpha value is -0.890. The Morgan fingerprint density at radius 1 is 1.60 bits per heavy atom. The van der Waals surface area contributed by atoms with Crippen molar-refractivity contribution in [3.63, 3.8) is 0 Å². The Bertz CT molecular complexity index is 147. The fourth-order valence-corrected chi connectivity index (χ4v) is 0.508. The summed E-state index contributed by atoms with van der Waals surface area (Å²) in [5, 5.41) is 8.59. The molecular formula is C8H11FO. The van der Waals surface area contributed by atoms with Crippen LogP contribution >= 0.6 is 0 Å². The highest BCUT2D eigenvalue weighted by Crippen LogP contribution is 1.94. The van der Waals surface area contributed by atoms with Crippen LogP contribution in [0.2, 0.25) is 0 Å². The Balaban J connectivity index is 3.94. The largest absolute Gasteiger partial charge is 0.392 e. The molecule has 0 saturated heterocycles. The number of hydrogen-bond donors (Lipinski definition) is 1. The molecule has 56 valence electrons. The highest BCUT2D eigenvalue weighted by molar-refractivity contribution is 5.23. The molecule has 1 nitrogen and oxygen atoms in total. The normalized spacial score (nSPS) is 12.4. The average Bonchev–Trinajstić information content (AvgIpc) is 1.98. The minimum Gasteiger partial charge on any atom is -0.392 e. The maximum Gasteiger partial charge on any atom is 0.108 e. The molecule has 0 rings (SSSR count). The van der Waals surface area contributed by atoms with Gasteiger partial charge in [0.1, 0.15) is 6.67 Å². The molecule has 0 atom stereocenters. The van der Waals surface area contributed by atoms with E-state index in [0.29, 0.717) is 5.57 Å². The third-order valence-electron chi connectivity index (χ3n) is 0.936. The topological polar surface area (TPSA) is 20.2 Å². The minimum absolute atomic E-state index is 0.0808. The lowest BCUT2D eigenvalue weighted by Crippen LogP contribution is -1.84. The minimum atomic E-state index is -0.505. The second-order valence-corrected chi connectivity index (χ2v) is 1.69. The summed E-state index contributed by atoms with van der Waals surface area (Å²) >= 11 is 0. The zero-order valence-corrected chi connectivity index (χ0v) is 5.76. The van der Waals surface area contributed by atoms with Crippen LogP contribution in [0.25, 0.3) is 0 Å². The van der Waals surface area contributed by atoms with Crippen molar-refractivity contribution in [2.24, 2.45) is 0 Å². The summed E-state index contributed by atoms with van der Waals surface area (Å²) in [6, 6.07) is 0. The maximum absolute atomic E-state index is 11.5. The van der Waals surface area contributed by atoms with Gasteiger partial charge in [0, 0.05) is 0 Å². The molecule has 0 fully saturated rings. The number of allylic oxidation sites excluding steroid dienone is 3. The number of hydrogen-bond acceptors (Lipinski definition) is 1. The van der Waals surface area contributed by atoms with E-state index in [1.807, 2.05) is 0 Å². The third-order valence-corrected chi connectivity index (χ3v) is 0.936. The zero-order valence-electron chi connectivity index (χ0n) is 5.76. The number of aliphatic hydroxyl groups is 1. The molecule has 10 heavy (non-hydrogen) atoms. The number of halogens is 1. The van der Waals surface area contributed by atoms with Gasteiger partial charge >= 0.3 is 0 Å². The Labute approximate surface area is 60.2 Å². The van der Waals surface area contributed by atoms with E-state index in [-0.39, 0.29) is 6.61 Å². The van der Waals surface area contributed by atoms with Gasteiger partial charge in [-0.2, -0.15) is 0 Å². The van der Waals surface area contributed by atoms with Gasteiger partial charge in [-0.05, 0) is 5.57 Å². The van der Waals surface area contributed by atoms with E-state index in [2.05, 4.69) is 6.58 Å². The Morgan fingerprint density at radius 3 is 2.70 bits per heavy atom. The Morgan fingerprint density at radius 2 is 2.30 bits per heavy atom. The summed E-state index contributed by atoms with van der Waals surface area (Å²) in [5.74, 6) is 0. The van der Waals surface area contributed by atoms with E-state index in [0.717, 1.165) is 0 Å². The van der Waals surface area contributed by atoms with Gasteiger partial charge < -0.3 is 5.11 Å². The first-order valence-corrected chi connectivity index (χ1v) is 3.00. The van der Waals surface area contributed by atoms with Crippen LogP contribution in [0.4, 0.5) is 4.39 Å². The highest BCUT2D eigenvalue weighted by Gasteiger charge is 1.84. The summed E-state index contributed by atoms with van der Waals surface area (Å²) in [7, 11) is 0. The molecule has 0 aliphatic carbocycles. The predicted octanol–water partition coefficient (Wildman–Crippen LogP) is 1.62. The smallest absolute Gasteiger partial charge is 0.108 e. The SMILES string of the molecule is C=C/C=C(\C=C/CF)CO. The molecule has 0 unspecified atom stereocenters. The van der Waals surface area contributed by atoms with Crippen molar-refractivity contribution in [1.29, 1.82) is 0 Å². The predicted molar refractivity (Wildman–Crippen MR) is 40.5 cm³/mol.